The molecule has 5 heteroatoms. The number of sulfonamides is 1. The molecule has 0 radical (unpaired) electrons. The Hall–Kier alpha value is -0.910. The van der Waals surface area contributed by atoms with E-state index in [2.05, 4.69) is 12.2 Å². The van der Waals surface area contributed by atoms with Gasteiger partial charge in [0, 0.05) is 19.6 Å². The fourth-order valence-corrected chi connectivity index (χ4v) is 4.44. The van der Waals surface area contributed by atoms with Gasteiger partial charge in [0.2, 0.25) is 10.0 Å². The minimum atomic E-state index is -3.35. The molecule has 1 aromatic rings. The van der Waals surface area contributed by atoms with E-state index >= 15 is 0 Å². The van der Waals surface area contributed by atoms with E-state index in [9.17, 15) is 8.42 Å². The number of nitrogens with one attached hydrogen (secondary N) is 1. The van der Waals surface area contributed by atoms with Crippen LogP contribution in [0.3, 0.4) is 0 Å². The maximum Gasteiger partial charge on any atom is 0.243 e. The molecule has 0 spiro atoms. The molecule has 1 N–H and O–H groups in total. The first-order valence-corrected chi connectivity index (χ1v) is 9.31. The predicted octanol–water partition coefficient (Wildman–Crippen LogP) is 2.61. The summed E-state index contributed by atoms with van der Waals surface area (Å²) in [6, 6.07) is 7.31. The first kappa shape index (κ1) is 16.5. The lowest BCUT2D eigenvalue weighted by molar-refractivity contribution is 0.261. The average molecular weight is 310 g/mol. The average Bonchev–Trinajstić information content (AvgIpc) is 2.53. The quantitative estimate of drug-likeness (QED) is 0.878. The fourth-order valence-electron chi connectivity index (χ4n) is 2.81. The molecule has 2 rings (SSSR count). The maximum absolute atomic E-state index is 12.8. The van der Waals surface area contributed by atoms with Crippen molar-refractivity contribution in [1.29, 1.82) is 0 Å². The Labute approximate surface area is 128 Å². The van der Waals surface area contributed by atoms with Crippen molar-refractivity contribution in [3.63, 3.8) is 0 Å². The minimum absolute atomic E-state index is 0.426. The molecular weight excluding hydrogens is 284 g/mol. The monoisotopic (exact) mass is 310 g/mol. The smallest absolute Gasteiger partial charge is 0.243 e. The molecule has 1 unspecified atom stereocenters. The highest BCUT2D eigenvalue weighted by Gasteiger charge is 2.29. The Kier molecular flexibility index (Phi) is 5.79. The molecule has 4 nitrogen and oxygen atoms in total. The van der Waals surface area contributed by atoms with Crippen LogP contribution in [0.25, 0.3) is 0 Å². The van der Waals surface area contributed by atoms with E-state index in [0.29, 0.717) is 30.4 Å². The third-order valence-corrected chi connectivity index (χ3v) is 6.04. The molecule has 1 aliphatic rings. The van der Waals surface area contributed by atoms with Crippen molar-refractivity contribution in [2.24, 2.45) is 5.92 Å². The van der Waals surface area contributed by atoms with Gasteiger partial charge in [-0.2, -0.15) is 4.31 Å². The molecule has 1 atom stereocenters. The summed E-state index contributed by atoms with van der Waals surface area (Å²) in [6.45, 7) is 7.07. The van der Waals surface area contributed by atoms with E-state index in [-0.39, 0.29) is 0 Å². The van der Waals surface area contributed by atoms with Gasteiger partial charge in [-0.3, -0.25) is 0 Å². The summed E-state index contributed by atoms with van der Waals surface area (Å²) in [6.07, 6.45) is 3.16. The molecule has 1 heterocycles. The van der Waals surface area contributed by atoms with Crippen LogP contribution in [0, 0.1) is 5.92 Å². The Morgan fingerprint density at radius 2 is 2.14 bits per heavy atom. The third kappa shape index (κ3) is 4.05. The highest BCUT2D eigenvalue weighted by Crippen LogP contribution is 2.25. The van der Waals surface area contributed by atoms with Crippen LogP contribution in [0.2, 0.25) is 0 Å². The number of benzene rings is 1. The molecule has 21 heavy (non-hydrogen) atoms. The van der Waals surface area contributed by atoms with E-state index in [1.807, 2.05) is 19.1 Å². The first-order chi connectivity index (χ1) is 10.1. The molecule has 0 aliphatic carbocycles. The van der Waals surface area contributed by atoms with Crippen LogP contribution in [-0.2, 0) is 16.6 Å². The molecule has 1 aliphatic heterocycles. The predicted molar refractivity (Wildman–Crippen MR) is 85.6 cm³/mol. The van der Waals surface area contributed by atoms with Gasteiger partial charge in [-0.1, -0.05) is 32.4 Å². The lowest BCUT2D eigenvalue weighted by Crippen LogP contribution is -2.39. The van der Waals surface area contributed by atoms with Gasteiger partial charge in [-0.05, 0) is 43.0 Å². The molecule has 0 saturated carbocycles. The van der Waals surface area contributed by atoms with Crippen LogP contribution < -0.4 is 5.32 Å². The van der Waals surface area contributed by atoms with Gasteiger partial charge < -0.3 is 5.32 Å². The topological polar surface area (TPSA) is 49.4 Å². The van der Waals surface area contributed by atoms with E-state index in [0.717, 1.165) is 31.4 Å². The first-order valence-electron chi connectivity index (χ1n) is 7.87. The number of hydrogen-bond donors (Lipinski definition) is 1. The third-order valence-electron chi connectivity index (χ3n) is 4.17. The Morgan fingerprint density at radius 3 is 2.86 bits per heavy atom. The van der Waals surface area contributed by atoms with Gasteiger partial charge in [0.25, 0.3) is 0 Å². The van der Waals surface area contributed by atoms with Crippen molar-refractivity contribution in [2.75, 3.05) is 19.6 Å². The lowest BCUT2D eigenvalue weighted by atomic mass is 9.97. The zero-order valence-electron chi connectivity index (χ0n) is 13.0. The Morgan fingerprint density at radius 1 is 1.33 bits per heavy atom. The molecule has 0 amide bonds. The Bertz CT molecular complexity index is 557. The second-order valence-corrected chi connectivity index (χ2v) is 7.65. The summed E-state index contributed by atoms with van der Waals surface area (Å²) in [5.41, 5.74) is 1.02. The lowest BCUT2D eigenvalue weighted by Gasteiger charge is -2.31. The zero-order chi connectivity index (χ0) is 15.3. The summed E-state index contributed by atoms with van der Waals surface area (Å²) in [4.78, 5) is 0.426. The second-order valence-electron chi connectivity index (χ2n) is 5.71. The van der Waals surface area contributed by atoms with Crippen molar-refractivity contribution in [3.8, 4) is 0 Å². The molecule has 0 bridgehead atoms. The summed E-state index contributed by atoms with van der Waals surface area (Å²) < 4.78 is 27.2. The van der Waals surface area contributed by atoms with Crippen LogP contribution in [0.5, 0.6) is 0 Å². The summed E-state index contributed by atoms with van der Waals surface area (Å²) in [5.74, 6) is 0.499. The number of hydrogen-bond acceptors (Lipinski definition) is 3. The van der Waals surface area contributed by atoms with Gasteiger partial charge in [0.05, 0.1) is 4.90 Å². The Balaban J connectivity index is 2.18. The minimum Gasteiger partial charge on any atom is -0.313 e. The van der Waals surface area contributed by atoms with Crippen LogP contribution >= 0.6 is 0 Å². The molecule has 1 aromatic carbocycles. The van der Waals surface area contributed by atoms with Gasteiger partial charge in [0.15, 0.2) is 0 Å². The van der Waals surface area contributed by atoms with E-state index in [1.54, 1.807) is 16.4 Å². The van der Waals surface area contributed by atoms with Crippen LogP contribution in [0.15, 0.2) is 29.2 Å². The van der Waals surface area contributed by atoms with E-state index in [4.69, 9.17) is 0 Å². The normalized spacial score (nSPS) is 20.6. The van der Waals surface area contributed by atoms with Gasteiger partial charge >= 0.3 is 0 Å². The second kappa shape index (κ2) is 7.38. The number of nitrogens with zero attached hydrogens (tertiary/aromatic N) is 1. The molecule has 1 saturated heterocycles. The number of piperidine rings is 1. The summed E-state index contributed by atoms with van der Waals surface area (Å²) in [5, 5.41) is 3.23. The SMILES string of the molecule is CCNCc1cccc(S(=O)(=O)N2CCCC(CC)C2)c1. The van der Waals surface area contributed by atoms with Crippen molar-refractivity contribution in [1.82, 2.24) is 9.62 Å². The van der Waals surface area contributed by atoms with E-state index in [1.165, 1.54) is 0 Å². The standard InChI is InChI=1S/C16H26N2O2S/c1-3-14-8-6-10-18(13-14)21(19,20)16-9-5-7-15(11-16)12-17-4-2/h5,7,9,11,14,17H,3-4,6,8,10,12-13H2,1-2H3. The van der Waals surface area contributed by atoms with Crippen LogP contribution in [0.1, 0.15) is 38.7 Å². The van der Waals surface area contributed by atoms with Crippen molar-refractivity contribution >= 4 is 10.0 Å². The largest absolute Gasteiger partial charge is 0.313 e. The number of rotatable bonds is 6. The van der Waals surface area contributed by atoms with Gasteiger partial charge in [-0.25, -0.2) is 8.42 Å². The molecular formula is C16H26N2O2S. The fraction of sp³-hybridized carbons (Fsp3) is 0.625. The molecule has 0 aromatic heterocycles. The zero-order valence-corrected chi connectivity index (χ0v) is 13.8. The summed E-state index contributed by atoms with van der Waals surface area (Å²) >= 11 is 0. The van der Waals surface area contributed by atoms with Gasteiger partial charge in [0.1, 0.15) is 0 Å². The maximum atomic E-state index is 12.8. The summed E-state index contributed by atoms with van der Waals surface area (Å²) in [7, 11) is -3.35. The highest BCUT2D eigenvalue weighted by molar-refractivity contribution is 7.89. The van der Waals surface area contributed by atoms with E-state index < -0.39 is 10.0 Å². The van der Waals surface area contributed by atoms with Crippen LogP contribution in [-0.4, -0.2) is 32.4 Å². The van der Waals surface area contributed by atoms with Crippen molar-refractivity contribution in [3.05, 3.63) is 29.8 Å². The molecule has 1 fully saturated rings. The highest BCUT2D eigenvalue weighted by atomic mass is 32.2. The molecule has 118 valence electrons. The van der Waals surface area contributed by atoms with Gasteiger partial charge in [-0.15, -0.1) is 0 Å². The van der Waals surface area contributed by atoms with Crippen molar-refractivity contribution in [2.45, 2.75) is 44.6 Å². The van der Waals surface area contributed by atoms with Crippen LogP contribution in [0.4, 0.5) is 0 Å². The van der Waals surface area contributed by atoms with Crippen molar-refractivity contribution < 1.29 is 8.42 Å².